The van der Waals surface area contributed by atoms with E-state index in [1.54, 1.807) is 24.2 Å². The van der Waals surface area contributed by atoms with E-state index in [4.69, 9.17) is 9.62 Å². The van der Waals surface area contributed by atoms with Gasteiger partial charge in [0.1, 0.15) is 10.8 Å². The minimum atomic E-state index is -0.103. The van der Waals surface area contributed by atoms with Crippen LogP contribution >= 0.6 is 11.8 Å². The summed E-state index contributed by atoms with van der Waals surface area (Å²) >= 11 is 1.47. The summed E-state index contributed by atoms with van der Waals surface area (Å²) in [6.07, 6.45) is 3.69. The molecule has 5 aromatic rings. The number of carbonyl (C=O) groups is 1. The molecular weight excluding hydrogens is 470 g/mol. The molecular formula is C28H25N5O2S. The van der Waals surface area contributed by atoms with Gasteiger partial charge in [-0.2, -0.15) is 5.10 Å². The molecule has 2 aromatic carbocycles. The molecule has 7 nitrogen and oxygen atoms in total. The van der Waals surface area contributed by atoms with Crippen molar-refractivity contribution in [2.24, 2.45) is 0 Å². The lowest BCUT2D eigenvalue weighted by Crippen LogP contribution is -2.27. The maximum Gasteiger partial charge on any atom is 0.256 e. The highest BCUT2D eigenvalue weighted by Gasteiger charge is 2.21. The van der Waals surface area contributed by atoms with E-state index >= 15 is 0 Å². The molecule has 0 unspecified atom stereocenters. The summed E-state index contributed by atoms with van der Waals surface area (Å²) in [5, 5.41) is 9.56. The molecule has 0 bridgehead atoms. The van der Waals surface area contributed by atoms with Crippen LogP contribution in [-0.2, 0) is 12.3 Å². The van der Waals surface area contributed by atoms with Gasteiger partial charge in [-0.25, -0.2) is 9.67 Å². The van der Waals surface area contributed by atoms with Gasteiger partial charge in [-0.15, -0.1) is 0 Å². The monoisotopic (exact) mass is 495 g/mol. The fourth-order valence-electron chi connectivity index (χ4n) is 3.91. The molecule has 0 fully saturated rings. The topological polar surface area (TPSA) is 77.1 Å². The molecule has 0 spiro atoms. The second kappa shape index (κ2) is 10.6. The quantitative estimate of drug-likeness (QED) is 0.253. The van der Waals surface area contributed by atoms with Crippen LogP contribution in [-0.4, -0.2) is 37.8 Å². The number of amides is 1. The zero-order chi connectivity index (χ0) is 24.9. The van der Waals surface area contributed by atoms with Crippen molar-refractivity contribution in [2.45, 2.75) is 24.2 Å². The van der Waals surface area contributed by atoms with Crippen LogP contribution in [0.3, 0.4) is 0 Å². The molecule has 5 rings (SSSR count). The maximum absolute atomic E-state index is 13.5. The zero-order valence-electron chi connectivity index (χ0n) is 20.0. The average molecular weight is 496 g/mol. The predicted octanol–water partition coefficient (Wildman–Crippen LogP) is 5.80. The third-order valence-corrected chi connectivity index (χ3v) is 6.69. The van der Waals surface area contributed by atoms with E-state index < -0.39 is 0 Å². The first-order chi connectivity index (χ1) is 17.6. The fraction of sp³-hybridized carbons (Fsp3) is 0.143. The fourth-order valence-corrected chi connectivity index (χ4v) is 4.77. The van der Waals surface area contributed by atoms with Crippen LogP contribution in [0.25, 0.3) is 16.9 Å². The molecule has 0 N–H and O–H groups in total. The Hall–Kier alpha value is -4.17. The predicted molar refractivity (Wildman–Crippen MR) is 140 cm³/mol. The molecule has 0 atom stereocenters. The number of carbonyl (C=O) groups excluding carboxylic acids is 1. The molecule has 0 aliphatic rings. The van der Waals surface area contributed by atoms with Crippen LogP contribution in [0.2, 0.25) is 0 Å². The summed E-state index contributed by atoms with van der Waals surface area (Å²) in [6.45, 7) is 2.26. The summed E-state index contributed by atoms with van der Waals surface area (Å²) in [5.41, 5.74) is 5.14. The molecule has 0 aliphatic heterocycles. The second-order valence-electron chi connectivity index (χ2n) is 8.38. The highest BCUT2D eigenvalue weighted by Crippen LogP contribution is 2.27. The Balaban J connectivity index is 1.40. The van der Waals surface area contributed by atoms with Crippen molar-refractivity contribution in [2.75, 3.05) is 7.05 Å². The largest absolute Gasteiger partial charge is 0.361 e. The molecule has 3 heterocycles. The van der Waals surface area contributed by atoms with Crippen LogP contribution < -0.4 is 0 Å². The highest BCUT2D eigenvalue weighted by molar-refractivity contribution is 7.98. The zero-order valence-corrected chi connectivity index (χ0v) is 20.9. The molecule has 180 valence electrons. The standard InChI is InChI=1S/C28H25N5O2S/c1-20-16-23(31-35-20)19-36-27-25(14-9-15-29-27)28(34)32(2)17-22-18-33(24-12-7-4-8-13-24)30-26(22)21-10-5-3-6-11-21/h3-16,18H,17,19H2,1-2H3. The lowest BCUT2D eigenvalue weighted by Gasteiger charge is -2.18. The van der Waals surface area contributed by atoms with Gasteiger partial charge in [0, 0.05) is 48.9 Å². The van der Waals surface area contributed by atoms with Gasteiger partial charge in [-0.3, -0.25) is 4.79 Å². The molecule has 36 heavy (non-hydrogen) atoms. The van der Waals surface area contributed by atoms with Gasteiger partial charge in [-0.05, 0) is 31.2 Å². The lowest BCUT2D eigenvalue weighted by atomic mass is 10.1. The van der Waals surface area contributed by atoms with E-state index in [0.717, 1.165) is 34.0 Å². The van der Waals surface area contributed by atoms with Crippen LogP contribution in [0.4, 0.5) is 0 Å². The van der Waals surface area contributed by atoms with Gasteiger partial charge in [0.05, 0.1) is 22.6 Å². The van der Waals surface area contributed by atoms with E-state index in [2.05, 4.69) is 10.1 Å². The molecule has 8 heteroatoms. The Kier molecular flexibility index (Phi) is 6.95. The maximum atomic E-state index is 13.5. The van der Waals surface area contributed by atoms with Gasteiger partial charge < -0.3 is 9.42 Å². The molecule has 0 saturated heterocycles. The van der Waals surface area contributed by atoms with Crippen molar-refractivity contribution in [1.29, 1.82) is 0 Å². The van der Waals surface area contributed by atoms with Crippen molar-refractivity contribution in [3.8, 4) is 16.9 Å². The van der Waals surface area contributed by atoms with E-state index in [-0.39, 0.29) is 5.91 Å². The molecule has 0 radical (unpaired) electrons. The Bertz CT molecular complexity index is 1460. The number of aromatic nitrogens is 4. The van der Waals surface area contributed by atoms with Crippen LogP contribution in [0.1, 0.15) is 27.4 Å². The third kappa shape index (κ3) is 5.23. The van der Waals surface area contributed by atoms with Crippen LogP contribution in [0.15, 0.2) is 101 Å². The number of benzene rings is 2. The molecule has 3 aromatic heterocycles. The lowest BCUT2D eigenvalue weighted by molar-refractivity contribution is 0.0781. The highest BCUT2D eigenvalue weighted by atomic mass is 32.2. The minimum absolute atomic E-state index is 0.103. The van der Waals surface area contributed by atoms with Crippen LogP contribution in [0, 0.1) is 6.92 Å². The number of para-hydroxylation sites is 1. The first-order valence-electron chi connectivity index (χ1n) is 11.5. The number of nitrogens with zero attached hydrogens (tertiary/aromatic N) is 5. The number of aryl methyl sites for hydroxylation is 1. The Morgan fingerprint density at radius 1 is 1.03 bits per heavy atom. The van der Waals surface area contributed by atoms with Crippen molar-refractivity contribution in [3.63, 3.8) is 0 Å². The summed E-state index contributed by atoms with van der Waals surface area (Å²) in [5.74, 6) is 1.22. The van der Waals surface area contributed by atoms with Crippen molar-refractivity contribution >= 4 is 17.7 Å². The van der Waals surface area contributed by atoms with Crippen molar-refractivity contribution in [3.05, 3.63) is 114 Å². The second-order valence-corrected chi connectivity index (χ2v) is 9.35. The van der Waals surface area contributed by atoms with E-state index in [9.17, 15) is 4.79 Å². The molecule has 1 amide bonds. The van der Waals surface area contributed by atoms with Gasteiger partial charge in [0.25, 0.3) is 5.91 Å². The van der Waals surface area contributed by atoms with Gasteiger partial charge in [0.15, 0.2) is 0 Å². The third-order valence-electron chi connectivity index (χ3n) is 5.65. The van der Waals surface area contributed by atoms with Gasteiger partial charge >= 0.3 is 0 Å². The van der Waals surface area contributed by atoms with E-state index in [1.165, 1.54) is 11.8 Å². The average Bonchev–Trinajstić information content (AvgIpc) is 3.54. The number of hydrogen-bond acceptors (Lipinski definition) is 6. The number of thioether (sulfide) groups is 1. The SMILES string of the molecule is Cc1cc(CSc2ncccc2C(=O)N(C)Cc2cn(-c3ccccc3)nc2-c2ccccc2)no1. The van der Waals surface area contributed by atoms with Gasteiger partial charge in [0.2, 0.25) is 0 Å². The number of pyridine rings is 1. The van der Waals surface area contributed by atoms with Crippen molar-refractivity contribution < 1.29 is 9.32 Å². The summed E-state index contributed by atoms with van der Waals surface area (Å²) in [4.78, 5) is 19.7. The normalized spacial score (nSPS) is 10.9. The Labute approximate surface area is 213 Å². The Morgan fingerprint density at radius 3 is 2.50 bits per heavy atom. The first kappa shape index (κ1) is 23.6. The minimum Gasteiger partial charge on any atom is -0.361 e. The summed E-state index contributed by atoms with van der Waals surface area (Å²) in [7, 11) is 1.80. The first-order valence-corrected chi connectivity index (χ1v) is 12.5. The van der Waals surface area contributed by atoms with Crippen LogP contribution in [0.5, 0.6) is 0 Å². The molecule has 0 saturated carbocycles. The molecule has 0 aliphatic carbocycles. The number of hydrogen-bond donors (Lipinski definition) is 0. The number of rotatable bonds is 8. The Morgan fingerprint density at radius 2 is 1.78 bits per heavy atom. The van der Waals surface area contributed by atoms with E-state index in [0.29, 0.717) is 22.9 Å². The summed E-state index contributed by atoms with van der Waals surface area (Å²) < 4.78 is 7.01. The summed E-state index contributed by atoms with van der Waals surface area (Å²) in [6, 6.07) is 25.5. The van der Waals surface area contributed by atoms with E-state index in [1.807, 2.05) is 90.6 Å². The smallest absolute Gasteiger partial charge is 0.256 e. The van der Waals surface area contributed by atoms with Gasteiger partial charge in [-0.1, -0.05) is 65.4 Å². The van der Waals surface area contributed by atoms with Crippen molar-refractivity contribution in [1.82, 2.24) is 24.8 Å².